The number of nitrogens with zero attached hydrogens (tertiary/aromatic N) is 1. The summed E-state index contributed by atoms with van der Waals surface area (Å²) in [6, 6.07) is 9.26. The fourth-order valence-corrected chi connectivity index (χ4v) is 2.59. The number of amides is 3. The molecule has 2 rings (SSSR count). The Hall–Kier alpha value is -2.08. The van der Waals surface area contributed by atoms with E-state index in [9.17, 15) is 9.59 Å². The third-order valence-corrected chi connectivity index (χ3v) is 3.80. The van der Waals surface area contributed by atoms with Crippen LogP contribution in [-0.4, -0.2) is 47.2 Å². The van der Waals surface area contributed by atoms with Gasteiger partial charge in [-0.05, 0) is 19.4 Å². The smallest absolute Gasteiger partial charge is 0.315 e. The van der Waals surface area contributed by atoms with Gasteiger partial charge in [0.25, 0.3) is 0 Å². The molecule has 3 unspecified atom stereocenters. The number of likely N-dealkylation sites (tertiary alicyclic amines) is 1. The third kappa shape index (κ3) is 4.21. The van der Waals surface area contributed by atoms with Gasteiger partial charge in [-0.1, -0.05) is 30.3 Å². The first-order valence-corrected chi connectivity index (χ1v) is 7.54. The van der Waals surface area contributed by atoms with Gasteiger partial charge < -0.3 is 20.6 Å². The van der Waals surface area contributed by atoms with Gasteiger partial charge in [-0.3, -0.25) is 4.79 Å². The molecule has 0 aromatic heterocycles. The highest BCUT2D eigenvalue weighted by molar-refractivity contribution is 5.82. The monoisotopic (exact) mass is 305 g/mol. The second-order valence-corrected chi connectivity index (χ2v) is 5.74. The van der Waals surface area contributed by atoms with Crippen LogP contribution in [0.15, 0.2) is 30.3 Å². The van der Waals surface area contributed by atoms with Crippen LogP contribution in [0, 0.1) is 0 Å². The molecule has 3 N–H and O–H groups in total. The van der Waals surface area contributed by atoms with E-state index < -0.39 is 6.10 Å². The van der Waals surface area contributed by atoms with E-state index in [0.29, 0.717) is 13.0 Å². The molecule has 1 heterocycles. The predicted octanol–water partition coefficient (Wildman–Crippen LogP) is 1.03. The molecule has 120 valence electrons. The van der Waals surface area contributed by atoms with Crippen molar-refractivity contribution in [1.82, 2.24) is 15.5 Å². The number of aliphatic hydroxyl groups is 1. The van der Waals surface area contributed by atoms with Gasteiger partial charge in [0.2, 0.25) is 5.91 Å². The number of hydrogen-bond donors (Lipinski definition) is 3. The van der Waals surface area contributed by atoms with Gasteiger partial charge in [-0.25, -0.2) is 4.79 Å². The van der Waals surface area contributed by atoms with E-state index in [-0.39, 0.29) is 30.6 Å². The number of benzene rings is 1. The highest BCUT2D eigenvalue weighted by Crippen LogP contribution is 2.25. The fourth-order valence-electron chi connectivity index (χ4n) is 2.59. The maximum absolute atomic E-state index is 12.2. The van der Waals surface area contributed by atoms with Crippen molar-refractivity contribution in [2.75, 3.05) is 13.1 Å². The molecule has 1 aromatic rings. The summed E-state index contributed by atoms with van der Waals surface area (Å²) in [5.74, 6) is 0.0391. The van der Waals surface area contributed by atoms with Crippen LogP contribution in [0.3, 0.4) is 0 Å². The zero-order chi connectivity index (χ0) is 16.1. The molecule has 1 fully saturated rings. The van der Waals surface area contributed by atoms with Crippen LogP contribution >= 0.6 is 0 Å². The molecule has 1 aliphatic rings. The van der Waals surface area contributed by atoms with E-state index in [0.717, 1.165) is 5.56 Å². The summed E-state index contributed by atoms with van der Waals surface area (Å²) in [5, 5.41) is 14.5. The molecular weight excluding hydrogens is 282 g/mol. The second-order valence-electron chi connectivity index (χ2n) is 5.74. The zero-order valence-corrected chi connectivity index (χ0v) is 13.0. The van der Waals surface area contributed by atoms with E-state index in [1.165, 1.54) is 0 Å². The number of nitrogens with one attached hydrogen (secondary N) is 2. The minimum absolute atomic E-state index is 0.0129. The van der Waals surface area contributed by atoms with Crippen LogP contribution in [0.25, 0.3) is 0 Å². The first kappa shape index (κ1) is 16.3. The Bertz CT molecular complexity index is 519. The van der Waals surface area contributed by atoms with Gasteiger partial charge >= 0.3 is 6.03 Å². The lowest BCUT2D eigenvalue weighted by atomic mass is 10.1. The summed E-state index contributed by atoms with van der Waals surface area (Å²) in [5.41, 5.74) is 1.08. The van der Waals surface area contributed by atoms with Crippen molar-refractivity contribution < 1.29 is 14.7 Å². The van der Waals surface area contributed by atoms with Gasteiger partial charge in [0.1, 0.15) is 0 Å². The zero-order valence-electron chi connectivity index (χ0n) is 13.0. The molecule has 1 aromatic carbocycles. The Morgan fingerprint density at radius 3 is 2.68 bits per heavy atom. The quantitative estimate of drug-likeness (QED) is 0.760. The largest absolute Gasteiger partial charge is 0.392 e. The van der Waals surface area contributed by atoms with Crippen LogP contribution in [0.2, 0.25) is 0 Å². The molecule has 6 heteroatoms. The minimum Gasteiger partial charge on any atom is -0.392 e. The second kappa shape index (κ2) is 7.26. The molecule has 0 spiro atoms. The summed E-state index contributed by atoms with van der Waals surface area (Å²) in [6.45, 7) is 4.28. The predicted molar refractivity (Wildman–Crippen MR) is 83.2 cm³/mol. The highest BCUT2D eigenvalue weighted by Gasteiger charge is 2.33. The topological polar surface area (TPSA) is 81.7 Å². The van der Waals surface area contributed by atoms with Gasteiger partial charge in [0.05, 0.1) is 18.2 Å². The SMILES string of the molecule is CC(O)CNC(=O)NC1CC(=O)N(C(C)c2ccccc2)C1. The van der Waals surface area contributed by atoms with E-state index in [2.05, 4.69) is 10.6 Å². The van der Waals surface area contributed by atoms with Crippen LogP contribution in [0.5, 0.6) is 0 Å². The Morgan fingerprint density at radius 1 is 1.36 bits per heavy atom. The van der Waals surface area contributed by atoms with E-state index in [1.807, 2.05) is 37.3 Å². The number of urea groups is 1. The Balaban J connectivity index is 1.89. The maximum atomic E-state index is 12.2. The number of hydrogen-bond acceptors (Lipinski definition) is 3. The summed E-state index contributed by atoms with van der Waals surface area (Å²) in [6.07, 6.45) is -0.287. The Morgan fingerprint density at radius 2 is 2.05 bits per heavy atom. The molecule has 1 saturated heterocycles. The van der Waals surface area contributed by atoms with Crippen molar-refractivity contribution in [3.63, 3.8) is 0 Å². The van der Waals surface area contributed by atoms with Crippen molar-refractivity contribution in [1.29, 1.82) is 0 Å². The number of carbonyl (C=O) groups is 2. The average molecular weight is 305 g/mol. The summed E-state index contributed by atoms with van der Waals surface area (Å²) >= 11 is 0. The van der Waals surface area contributed by atoms with Crippen molar-refractivity contribution >= 4 is 11.9 Å². The molecular formula is C16H23N3O3. The van der Waals surface area contributed by atoms with Crippen LogP contribution < -0.4 is 10.6 Å². The van der Waals surface area contributed by atoms with Crippen LogP contribution in [0.1, 0.15) is 31.9 Å². The third-order valence-electron chi connectivity index (χ3n) is 3.80. The lowest BCUT2D eigenvalue weighted by Gasteiger charge is -2.25. The van der Waals surface area contributed by atoms with Gasteiger partial charge in [0, 0.05) is 19.5 Å². The molecule has 0 aliphatic carbocycles. The lowest BCUT2D eigenvalue weighted by Crippen LogP contribution is -2.45. The molecule has 3 amide bonds. The molecule has 3 atom stereocenters. The number of aliphatic hydroxyl groups excluding tert-OH is 1. The average Bonchev–Trinajstić information content (AvgIpc) is 2.85. The molecule has 0 radical (unpaired) electrons. The standard InChI is InChI=1S/C16H23N3O3/c1-11(20)9-17-16(22)18-14-8-15(21)19(10-14)12(2)13-6-4-3-5-7-13/h3-7,11-12,14,20H,8-10H2,1-2H3,(H2,17,18,22). The van der Waals surface area contributed by atoms with E-state index >= 15 is 0 Å². The lowest BCUT2D eigenvalue weighted by molar-refractivity contribution is -0.129. The molecule has 22 heavy (non-hydrogen) atoms. The minimum atomic E-state index is -0.592. The summed E-state index contributed by atoms with van der Waals surface area (Å²) in [7, 11) is 0. The Kier molecular flexibility index (Phi) is 5.38. The normalized spacial score (nSPS) is 20.6. The van der Waals surface area contributed by atoms with Crippen molar-refractivity contribution in [3.05, 3.63) is 35.9 Å². The summed E-state index contributed by atoms with van der Waals surface area (Å²) in [4.78, 5) is 25.6. The Labute approximate surface area is 130 Å². The van der Waals surface area contributed by atoms with E-state index in [4.69, 9.17) is 5.11 Å². The molecule has 0 bridgehead atoms. The van der Waals surface area contributed by atoms with Crippen LogP contribution in [0.4, 0.5) is 4.79 Å². The van der Waals surface area contributed by atoms with E-state index in [1.54, 1.807) is 11.8 Å². The van der Waals surface area contributed by atoms with Crippen molar-refractivity contribution in [2.24, 2.45) is 0 Å². The molecule has 0 saturated carbocycles. The molecule has 6 nitrogen and oxygen atoms in total. The first-order chi connectivity index (χ1) is 10.5. The first-order valence-electron chi connectivity index (χ1n) is 7.54. The van der Waals surface area contributed by atoms with Crippen molar-refractivity contribution in [3.8, 4) is 0 Å². The summed E-state index contributed by atoms with van der Waals surface area (Å²) < 4.78 is 0. The fraction of sp³-hybridized carbons (Fsp3) is 0.500. The number of carbonyl (C=O) groups excluding carboxylic acids is 2. The number of rotatable bonds is 5. The van der Waals surface area contributed by atoms with Crippen molar-refractivity contribution in [2.45, 2.75) is 38.5 Å². The van der Waals surface area contributed by atoms with Crippen LogP contribution in [-0.2, 0) is 4.79 Å². The maximum Gasteiger partial charge on any atom is 0.315 e. The van der Waals surface area contributed by atoms with Gasteiger partial charge in [-0.15, -0.1) is 0 Å². The highest BCUT2D eigenvalue weighted by atomic mass is 16.3. The van der Waals surface area contributed by atoms with Gasteiger partial charge in [-0.2, -0.15) is 0 Å². The molecule has 1 aliphatic heterocycles. The van der Waals surface area contributed by atoms with Gasteiger partial charge in [0.15, 0.2) is 0 Å².